The van der Waals surface area contributed by atoms with Crippen LogP contribution in [-0.4, -0.2) is 11.9 Å². The normalized spacial score (nSPS) is 13.2. The molecule has 3 N–H and O–H groups in total. The number of benzene rings is 1. The van der Waals surface area contributed by atoms with Crippen molar-refractivity contribution in [2.24, 2.45) is 11.1 Å². The fourth-order valence-electron chi connectivity index (χ4n) is 1.47. The number of carbonyl (C=O) groups is 1. The largest absolute Gasteiger partial charge is 0.327 e. The van der Waals surface area contributed by atoms with Crippen LogP contribution >= 0.6 is 0 Å². The minimum Gasteiger partial charge on any atom is -0.327 e. The Morgan fingerprint density at radius 1 is 1.37 bits per heavy atom. The summed E-state index contributed by atoms with van der Waals surface area (Å²) in [5.41, 5.74) is 5.48. The molecule has 5 heteroatoms. The van der Waals surface area contributed by atoms with Gasteiger partial charge in [0.25, 0.3) is 0 Å². The Morgan fingerprint density at radius 3 is 2.47 bits per heavy atom. The molecular weight excluding hydrogens is 250 g/mol. The lowest BCUT2D eigenvalue weighted by Crippen LogP contribution is -2.38. The summed E-state index contributed by atoms with van der Waals surface area (Å²) in [6.07, 6.45) is 0.0102. The standard InChI is InChI=1S/C14H20F2N2O/c1-8-5-6-9(15)13(12(8)16)18-11(19)7-10(17)14(2,3)4/h5-6,10H,7,17H2,1-4H3,(H,18,19). The molecule has 0 saturated heterocycles. The van der Waals surface area contributed by atoms with Crippen molar-refractivity contribution in [3.05, 3.63) is 29.3 Å². The maximum Gasteiger partial charge on any atom is 0.226 e. The molecule has 19 heavy (non-hydrogen) atoms. The first-order valence-corrected chi connectivity index (χ1v) is 6.13. The SMILES string of the molecule is Cc1ccc(F)c(NC(=O)CC(N)C(C)(C)C)c1F. The van der Waals surface area contributed by atoms with Crippen molar-refractivity contribution in [3.8, 4) is 0 Å². The number of nitrogens with two attached hydrogens (primary N) is 1. The molecule has 0 fully saturated rings. The van der Waals surface area contributed by atoms with E-state index >= 15 is 0 Å². The Bertz CT molecular complexity index is 481. The molecule has 0 saturated carbocycles. The summed E-state index contributed by atoms with van der Waals surface area (Å²) in [5, 5.41) is 2.25. The Hall–Kier alpha value is -1.49. The molecule has 0 heterocycles. The van der Waals surface area contributed by atoms with Crippen molar-refractivity contribution in [2.45, 2.75) is 40.2 Å². The van der Waals surface area contributed by atoms with Crippen LogP contribution in [0.2, 0.25) is 0 Å². The van der Waals surface area contributed by atoms with Gasteiger partial charge >= 0.3 is 0 Å². The summed E-state index contributed by atoms with van der Waals surface area (Å²) in [7, 11) is 0. The maximum absolute atomic E-state index is 13.7. The van der Waals surface area contributed by atoms with Crippen LogP contribution in [0.15, 0.2) is 12.1 Å². The molecule has 0 aliphatic rings. The summed E-state index contributed by atoms with van der Waals surface area (Å²) < 4.78 is 27.2. The van der Waals surface area contributed by atoms with E-state index in [1.54, 1.807) is 0 Å². The molecule has 1 rings (SSSR count). The number of halogens is 2. The van der Waals surface area contributed by atoms with E-state index in [0.29, 0.717) is 0 Å². The lowest BCUT2D eigenvalue weighted by molar-refractivity contribution is -0.117. The van der Waals surface area contributed by atoms with Gasteiger partial charge in [-0.05, 0) is 24.0 Å². The highest BCUT2D eigenvalue weighted by atomic mass is 19.1. The lowest BCUT2D eigenvalue weighted by Gasteiger charge is -2.26. The lowest BCUT2D eigenvalue weighted by atomic mass is 9.85. The zero-order valence-corrected chi connectivity index (χ0v) is 11.7. The molecule has 0 radical (unpaired) electrons. The first-order chi connectivity index (χ1) is 8.62. The van der Waals surface area contributed by atoms with Crippen LogP contribution in [0.1, 0.15) is 32.8 Å². The third-order valence-corrected chi connectivity index (χ3v) is 3.07. The van der Waals surface area contributed by atoms with Crippen LogP contribution in [0, 0.1) is 24.0 Å². The molecular formula is C14H20F2N2O. The van der Waals surface area contributed by atoms with Crippen LogP contribution in [0.5, 0.6) is 0 Å². The zero-order chi connectivity index (χ0) is 14.8. The fourth-order valence-corrected chi connectivity index (χ4v) is 1.47. The molecule has 1 aromatic carbocycles. The Labute approximate surface area is 112 Å². The van der Waals surface area contributed by atoms with E-state index in [-0.39, 0.29) is 23.4 Å². The second kappa shape index (κ2) is 5.65. The smallest absolute Gasteiger partial charge is 0.226 e. The third kappa shape index (κ3) is 3.99. The van der Waals surface area contributed by atoms with E-state index in [0.717, 1.165) is 6.07 Å². The van der Waals surface area contributed by atoms with E-state index in [1.165, 1.54) is 13.0 Å². The third-order valence-electron chi connectivity index (χ3n) is 3.07. The van der Waals surface area contributed by atoms with Gasteiger partial charge in [0.05, 0.1) is 0 Å². The predicted molar refractivity (Wildman–Crippen MR) is 71.8 cm³/mol. The zero-order valence-electron chi connectivity index (χ0n) is 11.7. The molecule has 1 aromatic rings. The number of carbonyl (C=O) groups excluding carboxylic acids is 1. The van der Waals surface area contributed by atoms with Gasteiger partial charge in [-0.3, -0.25) is 4.79 Å². The highest BCUT2D eigenvalue weighted by Gasteiger charge is 2.24. The maximum atomic E-state index is 13.7. The monoisotopic (exact) mass is 270 g/mol. The molecule has 0 spiro atoms. The fraction of sp³-hybridized carbons (Fsp3) is 0.500. The van der Waals surface area contributed by atoms with Gasteiger partial charge in [-0.25, -0.2) is 8.78 Å². The minimum absolute atomic E-state index is 0.0102. The molecule has 106 valence electrons. The van der Waals surface area contributed by atoms with Crippen molar-refractivity contribution in [2.75, 3.05) is 5.32 Å². The number of hydrogen-bond donors (Lipinski definition) is 2. The van der Waals surface area contributed by atoms with Gasteiger partial charge in [-0.1, -0.05) is 26.8 Å². The summed E-state index contributed by atoms with van der Waals surface area (Å²) >= 11 is 0. The van der Waals surface area contributed by atoms with Crippen LogP contribution in [0.25, 0.3) is 0 Å². The Balaban J connectivity index is 2.81. The quantitative estimate of drug-likeness (QED) is 0.887. The van der Waals surface area contributed by atoms with Crippen LogP contribution in [-0.2, 0) is 4.79 Å². The Morgan fingerprint density at radius 2 is 1.95 bits per heavy atom. The summed E-state index contributed by atoms with van der Waals surface area (Å²) in [5.74, 6) is -2.04. The molecule has 0 bridgehead atoms. The average Bonchev–Trinajstić information content (AvgIpc) is 2.28. The number of nitrogens with one attached hydrogen (secondary N) is 1. The van der Waals surface area contributed by atoms with Crippen molar-refractivity contribution in [1.82, 2.24) is 0 Å². The number of amides is 1. The second-order valence-corrected chi connectivity index (χ2v) is 5.78. The van der Waals surface area contributed by atoms with Crippen LogP contribution in [0.3, 0.4) is 0 Å². The van der Waals surface area contributed by atoms with Gasteiger partial charge in [0.15, 0.2) is 5.82 Å². The van der Waals surface area contributed by atoms with Gasteiger partial charge < -0.3 is 11.1 Å². The van der Waals surface area contributed by atoms with E-state index in [1.807, 2.05) is 20.8 Å². The molecule has 0 aromatic heterocycles. The van der Waals surface area contributed by atoms with Crippen molar-refractivity contribution in [1.29, 1.82) is 0 Å². The second-order valence-electron chi connectivity index (χ2n) is 5.78. The van der Waals surface area contributed by atoms with Crippen LogP contribution in [0.4, 0.5) is 14.5 Å². The first-order valence-electron chi connectivity index (χ1n) is 6.13. The van der Waals surface area contributed by atoms with Gasteiger partial charge in [0.2, 0.25) is 5.91 Å². The van der Waals surface area contributed by atoms with Crippen molar-refractivity contribution >= 4 is 11.6 Å². The highest BCUT2D eigenvalue weighted by molar-refractivity contribution is 5.91. The molecule has 0 aliphatic heterocycles. The van der Waals surface area contributed by atoms with Crippen LogP contribution < -0.4 is 11.1 Å². The van der Waals surface area contributed by atoms with Gasteiger partial charge in [-0.15, -0.1) is 0 Å². The molecule has 1 amide bonds. The predicted octanol–water partition coefficient (Wildman–Crippen LogP) is 2.98. The van der Waals surface area contributed by atoms with Crippen molar-refractivity contribution < 1.29 is 13.6 Å². The summed E-state index contributed by atoms with van der Waals surface area (Å²) in [6.45, 7) is 7.21. The van der Waals surface area contributed by atoms with Gasteiger partial charge in [0, 0.05) is 12.5 Å². The number of hydrogen-bond acceptors (Lipinski definition) is 2. The van der Waals surface area contributed by atoms with Crippen molar-refractivity contribution in [3.63, 3.8) is 0 Å². The van der Waals surface area contributed by atoms with E-state index in [2.05, 4.69) is 5.32 Å². The molecule has 1 unspecified atom stereocenters. The average molecular weight is 270 g/mol. The van der Waals surface area contributed by atoms with Gasteiger partial charge in [-0.2, -0.15) is 0 Å². The number of aryl methyl sites for hydroxylation is 1. The van der Waals surface area contributed by atoms with Gasteiger partial charge in [0.1, 0.15) is 11.5 Å². The first kappa shape index (κ1) is 15.6. The number of anilines is 1. The minimum atomic E-state index is -0.791. The number of rotatable bonds is 3. The summed E-state index contributed by atoms with van der Waals surface area (Å²) in [4.78, 5) is 11.8. The van der Waals surface area contributed by atoms with E-state index < -0.39 is 23.2 Å². The Kier molecular flexibility index (Phi) is 4.63. The molecule has 0 aliphatic carbocycles. The molecule has 1 atom stereocenters. The topological polar surface area (TPSA) is 55.1 Å². The highest BCUT2D eigenvalue weighted by Crippen LogP contribution is 2.23. The van der Waals surface area contributed by atoms with E-state index in [4.69, 9.17) is 5.73 Å². The molecule has 3 nitrogen and oxygen atoms in total. The van der Waals surface area contributed by atoms with E-state index in [9.17, 15) is 13.6 Å². The summed E-state index contributed by atoms with van der Waals surface area (Å²) in [6, 6.07) is 2.06.